The largest absolute Gasteiger partial charge is 0.493 e. The summed E-state index contributed by atoms with van der Waals surface area (Å²) < 4.78 is 5.55. The van der Waals surface area contributed by atoms with Crippen LogP contribution in [0, 0.1) is 13.8 Å². The van der Waals surface area contributed by atoms with E-state index in [1.807, 2.05) is 32.0 Å². The number of pyridine rings is 1. The first-order valence-corrected chi connectivity index (χ1v) is 8.95. The fourth-order valence-corrected chi connectivity index (χ4v) is 2.79. The third-order valence-electron chi connectivity index (χ3n) is 4.29. The van der Waals surface area contributed by atoms with Gasteiger partial charge in [0, 0.05) is 42.0 Å². The summed E-state index contributed by atoms with van der Waals surface area (Å²) in [6, 6.07) is 10.9. The van der Waals surface area contributed by atoms with Gasteiger partial charge in [-0.25, -0.2) is 15.0 Å². The zero-order chi connectivity index (χ0) is 19.9. The third kappa shape index (κ3) is 5.03. The van der Waals surface area contributed by atoms with Gasteiger partial charge in [-0.3, -0.25) is 4.79 Å². The molecule has 0 saturated carbocycles. The van der Waals surface area contributed by atoms with E-state index in [0.717, 1.165) is 16.8 Å². The van der Waals surface area contributed by atoms with Crippen LogP contribution in [0.3, 0.4) is 0 Å². The van der Waals surface area contributed by atoms with Crippen molar-refractivity contribution in [2.24, 2.45) is 0 Å². The Hall–Kier alpha value is -3.48. The Morgan fingerprint density at radius 1 is 1.18 bits per heavy atom. The standard InChI is InChI=1S/C21H22N4O3/c1-14-11-15(2)25-21(27)18(14)12-23-20(26)17-5-3-16(4-6-17)8-10-28-19-7-9-22-13-24-19/h3-7,9,11,13H,8,10,12H2,1-2H3,(H,23,26)(H,25,27). The number of aryl methyl sites for hydroxylation is 2. The molecule has 0 aliphatic carbocycles. The molecule has 7 heteroatoms. The van der Waals surface area contributed by atoms with E-state index in [9.17, 15) is 9.90 Å². The lowest BCUT2D eigenvalue weighted by atomic mass is 10.1. The van der Waals surface area contributed by atoms with Gasteiger partial charge >= 0.3 is 0 Å². The van der Waals surface area contributed by atoms with Gasteiger partial charge in [0.15, 0.2) is 0 Å². The molecule has 0 unspecified atom stereocenters. The molecule has 0 radical (unpaired) electrons. The first-order chi connectivity index (χ1) is 13.5. The van der Waals surface area contributed by atoms with Gasteiger partial charge in [-0.1, -0.05) is 12.1 Å². The van der Waals surface area contributed by atoms with Crippen LogP contribution in [0.15, 0.2) is 48.9 Å². The molecule has 3 aromatic rings. The van der Waals surface area contributed by atoms with Crippen molar-refractivity contribution in [3.63, 3.8) is 0 Å². The Morgan fingerprint density at radius 2 is 1.96 bits per heavy atom. The molecule has 1 amide bonds. The van der Waals surface area contributed by atoms with Gasteiger partial charge in [0.1, 0.15) is 6.33 Å². The molecule has 0 spiro atoms. The Morgan fingerprint density at radius 3 is 2.64 bits per heavy atom. The Bertz CT molecular complexity index is 921. The van der Waals surface area contributed by atoms with Crippen LogP contribution in [0.2, 0.25) is 0 Å². The molecule has 0 aliphatic heterocycles. The zero-order valence-electron chi connectivity index (χ0n) is 15.8. The SMILES string of the molecule is Cc1cc(C)c(CNC(=O)c2ccc(CCOc3ccncn3)cc2)c(O)n1. The number of nitrogens with zero attached hydrogens (tertiary/aromatic N) is 3. The summed E-state index contributed by atoms with van der Waals surface area (Å²) in [5.41, 5.74) is 3.87. The van der Waals surface area contributed by atoms with Crippen LogP contribution in [-0.4, -0.2) is 32.6 Å². The van der Waals surface area contributed by atoms with E-state index in [0.29, 0.717) is 30.0 Å². The van der Waals surface area contributed by atoms with Gasteiger partial charge in [0.2, 0.25) is 11.8 Å². The van der Waals surface area contributed by atoms with Crippen LogP contribution in [0.1, 0.15) is 32.7 Å². The van der Waals surface area contributed by atoms with Gasteiger partial charge in [-0.05, 0) is 43.2 Å². The number of amides is 1. The minimum atomic E-state index is -0.205. The number of carbonyl (C=O) groups is 1. The molecular weight excluding hydrogens is 356 g/mol. The molecule has 28 heavy (non-hydrogen) atoms. The molecule has 7 nitrogen and oxygen atoms in total. The number of aromatic nitrogens is 3. The number of carbonyl (C=O) groups excluding carboxylic acids is 1. The molecule has 2 heterocycles. The fourth-order valence-electron chi connectivity index (χ4n) is 2.79. The van der Waals surface area contributed by atoms with E-state index in [1.54, 1.807) is 24.4 Å². The van der Waals surface area contributed by atoms with Crippen molar-refractivity contribution in [2.75, 3.05) is 6.61 Å². The summed E-state index contributed by atoms with van der Waals surface area (Å²) in [5.74, 6) is 0.287. The minimum absolute atomic E-state index is 0.0446. The van der Waals surface area contributed by atoms with E-state index < -0.39 is 0 Å². The first kappa shape index (κ1) is 19.3. The van der Waals surface area contributed by atoms with Gasteiger partial charge in [-0.15, -0.1) is 0 Å². The summed E-state index contributed by atoms with van der Waals surface area (Å²) >= 11 is 0. The molecule has 0 saturated heterocycles. The number of nitrogens with one attached hydrogen (secondary N) is 1. The second-order valence-electron chi connectivity index (χ2n) is 6.41. The number of hydrogen-bond acceptors (Lipinski definition) is 6. The predicted molar refractivity (Wildman–Crippen MR) is 104 cm³/mol. The van der Waals surface area contributed by atoms with E-state index >= 15 is 0 Å². The second-order valence-corrected chi connectivity index (χ2v) is 6.41. The van der Waals surface area contributed by atoms with Crippen molar-refractivity contribution < 1.29 is 14.6 Å². The highest BCUT2D eigenvalue weighted by Gasteiger charge is 2.11. The summed E-state index contributed by atoms with van der Waals surface area (Å²) in [6.45, 7) is 4.41. The number of rotatable bonds is 7. The topological polar surface area (TPSA) is 97.2 Å². The molecule has 144 valence electrons. The number of benzene rings is 1. The van der Waals surface area contributed by atoms with Gasteiger partial charge in [0.25, 0.3) is 5.91 Å². The van der Waals surface area contributed by atoms with Crippen LogP contribution in [-0.2, 0) is 13.0 Å². The maximum absolute atomic E-state index is 12.4. The molecule has 0 atom stereocenters. The molecular formula is C21H22N4O3. The lowest BCUT2D eigenvalue weighted by Gasteiger charge is -2.11. The first-order valence-electron chi connectivity index (χ1n) is 8.95. The highest BCUT2D eigenvalue weighted by atomic mass is 16.5. The van der Waals surface area contributed by atoms with Crippen molar-refractivity contribution in [3.05, 3.63) is 76.9 Å². The smallest absolute Gasteiger partial charge is 0.251 e. The molecule has 2 N–H and O–H groups in total. The third-order valence-corrected chi connectivity index (χ3v) is 4.29. The summed E-state index contributed by atoms with van der Waals surface area (Å²) in [6.07, 6.45) is 3.77. The van der Waals surface area contributed by atoms with Gasteiger partial charge in [-0.2, -0.15) is 0 Å². The Kier molecular flexibility index (Phi) is 6.16. The van der Waals surface area contributed by atoms with Crippen molar-refractivity contribution in [1.82, 2.24) is 20.3 Å². The predicted octanol–water partition coefficient (Wildman–Crippen LogP) is 2.75. The number of ether oxygens (including phenoxy) is 1. The van der Waals surface area contributed by atoms with Gasteiger partial charge < -0.3 is 15.2 Å². The van der Waals surface area contributed by atoms with Crippen LogP contribution in [0.5, 0.6) is 11.8 Å². The molecule has 0 bridgehead atoms. The average molecular weight is 378 g/mol. The quantitative estimate of drug-likeness (QED) is 0.656. The van der Waals surface area contributed by atoms with E-state index in [-0.39, 0.29) is 18.3 Å². The van der Waals surface area contributed by atoms with E-state index in [4.69, 9.17) is 4.74 Å². The summed E-state index contributed by atoms with van der Waals surface area (Å²) in [7, 11) is 0. The lowest BCUT2D eigenvalue weighted by molar-refractivity contribution is 0.0950. The maximum atomic E-state index is 12.4. The average Bonchev–Trinajstić information content (AvgIpc) is 2.68. The van der Waals surface area contributed by atoms with Gasteiger partial charge in [0.05, 0.1) is 6.61 Å². The van der Waals surface area contributed by atoms with Crippen molar-refractivity contribution >= 4 is 5.91 Å². The van der Waals surface area contributed by atoms with Crippen LogP contribution in [0.4, 0.5) is 0 Å². The van der Waals surface area contributed by atoms with Crippen LogP contribution >= 0.6 is 0 Å². The van der Waals surface area contributed by atoms with Crippen molar-refractivity contribution in [3.8, 4) is 11.8 Å². The summed E-state index contributed by atoms with van der Waals surface area (Å²) in [5, 5.41) is 12.8. The second kappa shape index (κ2) is 8.94. The van der Waals surface area contributed by atoms with Crippen LogP contribution in [0.25, 0.3) is 0 Å². The molecule has 3 rings (SSSR count). The Labute approximate surface area is 163 Å². The normalized spacial score (nSPS) is 10.5. The highest BCUT2D eigenvalue weighted by molar-refractivity contribution is 5.94. The minimum Gasteiger partial charge on any atom is -0.493 e. The molecule has 2 aromatic heterocycles. The highest BCUT2D eigenvalue weighted by Crippen LogP contribution is 2.19. The Balaban J connectivity index is 1.52. The monoisotopic (exact) mass is 378 g/mol. The molecule has 0 fully saturated rings. The maximum Gasteiger partial charge on any atom is 0.251 e. The lowest BCUT2D eigenvalue weighted by Crippen LogP contribution is -2.23. The summed E-state index contributed by atoms with van der Waals surface area (Å²) in [4.78, 5) is 24.2. The van der Waals surface area contributed by atoms with Crippen molar-refractivity contribution in [2.45, 2.75) is 26.8 Å². The molecule has 1 aromatic carbocycles. The fraction of sp³-hybridized carbons (Fsp3) is 0.238. The van der Waals surface area contributed by atoms with E-state index in [2.05, 4.69) is 20.3 Å². The van der Waals surface area contributed by atoms with Crippen LogP contribution < -0.4 is 10.1 Å². The molecule has 0 aliphatic rings. The zero-order valence-corrected chi connectivity index (χ0v) is 15.8. The number of hydrogen-bond donors (Lipinski definition) is 2. The van der Waals surface area contributed by atoms with E-state index in [1.165, 1.54) is 6.33 Å². The van der Waals surface area contributed by atoms with Crippen molar-refractivity contribution in [1.29, 1.82) is 0 Å². The number of aromatic hydroxyl groups is 1.